The van der Waals surface area contributed by atoms with E-state index in [4.69, 9.17) is 14.2 Å². The summed E-state index contributed by atoms with van der Waals surface area (Å²) in [6.07, 6.45) is -1.16. The van der Waals surface area contributed by atoms with E-state index in [2.05, 4.69) is 36.8 Å². The molecule has 0 unspecified atom stereocenters. The summed E-state index contributed by atoms with van der Waals surface area (Å²) >= 11 is 6.39. The number of nitrogens with one attached hydrogen (secondary N) is 1. The first-order valence-corrected chi connectivity index (χ1v) is 8.52. The molecule has 1 N–H and O–H groups in total. The quantitative estimate of drug-likeness (QED) is 0.502. The number of ether oxygens (including phenoxy) is 3. The molecule has 1 aromatic rings. The number of alkyl halides is 1. The molecule has 0 spiro atoms. The first-order chi connectivity index (χ1) is 11.2. The van der Waals surface area contributed by atoms with Crippen LogP contribution in [-0.2, 0) is 23.8 Å². The number of nitrogens with zero attached hydrogens (tertiary/aromatic N) is 1. The van der Waals surface area contributed by atoms with Gasteiger partial charge in [-0.15, -0.1) is 0 Å². The summed E-state index contributed by atoms with van der Waals surface area (Å²) in [5.41, 5.74) is -1.26. The maximum absolute atomic E-state index is 12.0. The molecule has 2 rings (SSSR count). The van der Waals surface area contributed by atoms with E-state index in [-0.39, 0.29) is 11.1 Å². The van der Waals surface area contributed by atoms with Crippen LogP contribution in [0.2, 0.25) is 0 Å². The van der Waals surface area contributed by atoms with Crippen molar-refractivity contribution in [3.63, 3.8) is 0 Å². The number of hydrogen-bond donors (Lipinski definition) is 1. The van der Waals surface area contributed by atoms with Crippen molar-refractivity contribution in [3.8, 4) is 0 Å². The average molecular weight is 470 g/mol. The van der Waals surface area contributed by atoms with Crippen LogP contribution in [-0.4, -0.2) is 45.1 Å². The molecule has 11 heteroatoms. The molecular formula is C13H14Br2N2O7. The molecule has 132 valence electrons. The van der Waals surface area contributed by atoms with Gasteiger partial charge in [0, 0.05) is 20.0 Å². The normalized spacial score (nSPS) is 26.2. The molecule has 0 bridgehead atoms. The Kier molecular flexibility index (Phi) is 5.99. The molecule has 1 aromatic heterocycles. The minimum atomic E-state index is -0.879. The first kappa shape index (κ1) is 18.9. The molecule has 0 aromatic carbocycles. The van der Waals surface area contributed by atoms with Gasteiger partial charge in [-0.1, -0.05) is 15.9 Å². The lowest BCUT2D eigenvalue weighted by atomic mass is 10.2. The summed E-state index contributed by atoms with van der Waals surface area (Å²) in [5.74, 6) is -1.06. The van der Waals surface area contributed by atoms with Gasteiger partial charge < -0.3 is 14.2 Å². The first-order valence-electron chi connectivity index (χ1n) is 6.81. The molecule has 9 nitrogen and oxygen atoms in total. The molecule has 1 fully saturated rings. The molecule has 4 atom stereocenters. The highest BCUT2D eigenvalue weighted by atomic mass is 79.9. The summed E-state index contributed by atoms with van der Waals surface area (Å²) in [4.78, 5) is 47.3. The van der Waals surface area contributed by atoms with Crippen molar-refractivity contribution in [1.29, 1.82) is 0 Å². The number of esters is 2. The van der Waals surface area contributed by atoms with E-state index >= 15 is 0 Å². The van der Waals surface area contributed by atoms with Crippen LogP contribution in [0.5, 0.6) is 0 Å². The van der Waals surface area contributed by atoms with Crippen molar-refractivity contribution in [2.24, 2.45) is 0 Å². The SMILES string of the molecule is CC(=O)OC[C@H]1O[C@@H](n2cc(Br)c(=O)[nH]c2=O)[C@H](Br)[C@@H]1OC(C)=O. The highest BCUT2D eigenvalue weighted by Crippen LogP contribution is 2.36. The van der Waals surface area contributed by atoms with Crippen LogP contribution in [0.3, 0.4) is 0 Å². The topological polar surface area (TPSA) is 117 Å². The van der Waals surface area contributed by atoms with Crippen LogP contribution in [0.1, 0.15) is 20.1 Å². The molecule has 0 radical (unpaired) electrons. The Morgan fingerprint density at radius 1 is 1.33 bits per heavy atom. The molecule has 1 aliphatic rings. The van der Waals surface area contributed by atoms with Gasteiger partial charge >= 0.3 is 17.6 Å². The summed E-state index contributed by atoms with van der Waals surface area (Å²) in [7, 11) is 0. The highest BCUT2D eigenvalue weighted by molar-refractivity contribution is 9.10. The lowest BCUT2D eigenvalue weighted by Crippen LogP contribution is -2.37. The molecule has 1 saturated heterocycles. The fourth-order valence-electron chi connectivity index (χ4n) is 2.23. The summed E-state index contributed by atoms with van der Waals surface area (Å²) in [5, 5.41) is 0. The smallest absolute Gasteiger partial charge is 0.330 e. The Labute approximate surface area is 152 Å². The van der Waals surface area contributed by atoms with E-state index in [1.807, 2.05) is 0 Å². The Hall–Kier alpha value is -1.46. The lowest BCUT2D eigenvalue weighted by Gasteiger charge is -2.19. The summed E-state index contributed by atoms with van der Waals surface area (Å²) < 4.78 is 17.1. The molecule has 24 heavy (non-hydrogen) atoms. The van der Waals surface area contributed by atoms with Gasteiger partial charge in [0.1, 0.15) is 18.8 Å². The number of carbonyl (C=O) groups is 2. The van der Waals surface area contributed by atoms with Gasteiger partial charge in [-0.2, -0.15) is 0 Å². The molecular weight excluding hydrogens is 456 g/mol. The van der Waals surface area contributed by atoms with Gasteiger partial charge in [-0.3, -0.25) is 23.9 Å². The summed E-state index contributed by atoms with van der Waals surface area (Å²) in [6.45, 7) is 2.33. The Bertz CT molecular complexity index is 759. The van der Waals surface area contributed by atoms with Crippen LogP contribution in [0.25, 0.3) is 0 Å². The van der Waals surface area contributed by atoms with Crippen molar-refractivity contribution < 1.29 is 23.8 Å². The predicted octanol–water partition coefficient (Wildman–Crippen LogP) is 0.455. The maximum atomic E-state index is 12.0. The van der Waals surface area contributed by atoms with Gasteiger partial charge in [-0.25, -0.2) is 4.79 Å². The van der Waals surface area contributed by atoms with Gasteiger partial charge in [-0.05, 0) is 15.9 Å². The second-order valence-electron chi connectivity index (χ2n) is 5.03. The third kappa shape index (κ3) is 4.14. The third-order valence-electron chi connectivity index (χ3n) is 3.22. The van der Waals surface area contributed by atoms with E-state index in [0.29, 0.717) is 0 Å². The fraction of sp³-hybridized carbons (Fsp3) is 0.538. The van der Waals surface area contributed by atoms with E-state index in [0.717, 1.165) is 4.57 Å². The predicted molar refractivity (Wildman–Crippen MR) is 87.8 cm³/mol. The second kappa shape index (κ2) is 7.62. The van der Waals surface area contributed by atoms with Gasteiger partial charge in [0.05, 0.1) is 9.30 Å². The largest absolute Gasteiger partial charge is 0.463 e. The van der Waals surface area contributed by atoms with Crippen LogP contribution >= 0.6 is 31.9 Å². The highest BCUT2D eigenvalue weighted by Gasteiger charge is 2.47. The number of halogens is 2. The van der Waals surface area contributed by atoms with Crippen molar-refractivity contribution in [3.05, 3.63) is 31.5 Å². The Morgan fingerprint density at radius 3 is 2.58 bits per heavy atom. The fourth-order valence-corrected chi connectivity index (χ4v) is 3.38. The van der Waals surface area contributed by atoms with Gasteiger partial charge in [0.25, 0.3) is 5.56 Å². The maximum Gasteiger partial charge on any atom is 0.330 e. The molecule has 1 aliphatic heterocycles. The minimum absolute atomic E-state index is 0.137. The standard InChI is InChI=1S/C13H14Br2N2O7/c1-5(18)22-4-8-10(23-6(2)19)9(15)12(24-8)17-3-7(14)11(20)16-13(17)21/h3,8-10,12H,4H2,1-2H3,(H,16,20,21)/t8-,9-,10-,12-/m1/s1. The average Bonchev–Trinajstić information content (AvgIpc) is 2.77. The zero-order valence-corrected chi connectivity index (χ0v) is 15.8. The number of aromatic amines is 1. The molecule has 0 saturated carbocycles. The Balaban J connectivity index is 2.33. The van der Waals surface area contributed by atoms with Crippen molar-refractivity contribution in [2.75, 3.05) is 6.61 Å². The molecule has 0 amide bonds. The second-order valence-corrected chi connectivity index (χ2v) is 6.94. The third-order valence-corrected chi connectivity index (χ3v) is 4.76. The van der Waals surface area contributed by atoms with E-state index in [9.17, 15) is 19.2 Å². The van der Waals surface area contributed by atoms with Crippen molar-refractivity contribution in [2.45, 2.75) is 37.1 Å². The molecule has 0 aliphatic carbocycles. The lowest BCUT2D eigenvalue weighted by molar-refractivity contribution is -0.155. The van der Waals surface area contributed by atoms with Crippen LogP contribution < -0.4 is 11.2 Å². The van der Waals surface area contributed by atoms with Crippen LogP contribution in [0.15, 0.2) is 20.3 Å². The van der Waals surface area contributed by atoms with Gasteiger partial charge in [0.15, 0.2) is 6.23 Å². The van der Waals surface area contributed by atoms with Crippen molar-refractivity contribution in [1.82, 2.24) is 9.55 Å². The zero-order chi connectivity index (χ0) is 18.0. The van der Waals surface area contributed by atoms with Crippen molar-refractivity contribution >= 4 is 43.8 Å². The van der Waals surface area contributed by atoms with Crippen LogP contribution in [0.4, 0.5) is 0 Å². The zero-order valence-electron chi connectivity index (χ0n) is 12.7. The number of H-pyrrole nitrogens is 1. The number of aromatic nitrogens is 2. The monoisotopic (exact) mass is 468 g/mol. The van der Waals surface area contributed by atoms with Crippen LogP contribution in [0, 0.1) is 0 Å². The van der Waals surface area contributed by atoms with E-state index < -0.39 is 46.5 Å². The Morgan fingerprint density at radius 2 is 2.00 bits per heavy atom. The number of rotatable bonds is 4. The molecule has 2 heterocycles. The minimum Gasteiger partial charge on any atom is -0.463 e. The van der Waals surface area contributed by atoms with E-state index in [1.165, 1.54) is 20.0 Å². The summed E-state index contributed by atoms with van der Waals surface area (Å²) in [6, 6.07) is 0. The number of hydrogen-bond acceptors (Lipinski definition) is 7. The van der Waals surface area contributed by atoms with Gasteiger partial charge in [0.2, 0.25) is 0 Å². The van der Waals surface area contributed by atoms with E-state index in [1.54, 1.807) is 0 Å². The number of carbonyl (C=O) groups excluding carboxylic acids is 2.